The fourth-order valence-electron chi connectivity index (χ4n) is 1.65. The van der Waals surface area contributed by atoms with E-state index in [1.165, 1.54) is 6.07 Å². The maximum Gasteiger partial charge on any atom is 0.147 e. The van der Waals surface area contributed by atoms with Gasteiger partial charge in [0.2, 0.25) is 0 Å². The first-order valence-corrected chi connectivity index (χ1v) is 5.80. The average Bonchev–Trinajstić information content (AvgIpc) is 2.14. The molecule has 1 aliphatic carbocycles. The molecule has 1 aliphatic rings. The smallest absolute Gasteiger partial charge is 0.147 e. The molecule has 1 aromatic rings. The quantitative estimate of drug-likeness (QED) is 0.888. The van der Waals surface area contributed by atoms with Crippen LogP contribution >= 0.6 is 15.9 Å². The van der Waals surface area contributed by atoms with Crippen LogP contribution in [0.25, 0.3) is 0 Å². The Kier molecular flexibility index (Phi) is 2.98. The molecule has 0 heterocycles. The average molecular weight is 274 g/mol. The summed E-state index contributed by atoms with van der Waals surface area (Å²) in [5.74, 6) is -0.299. The van der Waals surface area contributed by atoms with Gasteiger partial charge in [0.1, 0.15) is 5.82 Å². The summed E-state index contributed by atoms with van der Waals surface area (Å²) in [7, 11) is 0. The Balaban J connectivity index is 1.98. The lowest BCUT2D eigenvalue weighted by molar-refractivity contribution is -0.0202. The molecule has 0 bridgehead atoms. The second kappa shape index (κ2) is 4.10. The predicted octanol–water partition coefficient (Wildman–Crippen LogP) is 2.92. The summed E-state index contributed by atoms with van der Waals surface area (Å²) in [6.07, 6.45) is 2.66. The Labute approximate surface area is 96.6 Å². The van der Waals surface area contributed by atoms with Crippen LogP contribution in [0, 0.1) is 5.82 Å². The predicted molar refractivity (Wildman–Crippen MR) is 61.4 cm³/mol. The lowest BCUT2D eigenvalue weighted by atomic mass is 9.80. The minimum atomic E-state index is -0.625. The zero-order valence-electron chi connectivity index (χ0n) is 8.26. The molecule has 82 valence electrons. The summed E-state index contributed by atoms with van der Waals surface area (Å²) in [6, 6.07) is 4.85. The molecule has 0 aromatic heterocycles. The van der Waals surface area contributed by atoms with Crippen molar-refractivity contribution in [2.45, 2.75) is 24.9 Å². The van der Waals surface area contributed by atoms with Gasteiger partial charge in [-0.3, -0.25) is 0 Å². The number of hydrogen-bond donors (Lipinski definition) is 2. The third-order valence-corrected chi connectivity index (χ3v) is 3.32. The van der Waals surface area contributed by atoms with Gasteiger partial charge in [-0.05, 0) is 37.5 Å². The molecule has 0 aliphatic heterocycles. The van der Waals surface area contributed by atoms with E-state index in [0.29, 0.717) is 16.7 Å². The zero-order valence-corrected chi connectivity index (χ0v) is 9.85. The molecular weight excluding hydrogens is 261 g/mol. The molecular formula is C11H13BrFNO. The van der Waals surface area contributed by atoms with Crippen LogP contribution in [0.4, 0.5) is 10.1 Å². The Bertz CT molecular complexity index is 366. The van der Waals surface area contributed by atoms with E-state index in [0.717, 1.165) is 19.3 Å². The molecule has 0 saturated heterocycles. The number of nitrogens with one attached hydrogen (secondary N) is 1. The van der Waals surface area contributed by atoms with Crippen molar-refractivity contribution in [3.05, 3.63) is 28.5 Å². The first kappa shape index (κ1) is 10.9. The first-order valence-electron chi connectivity index (χ1n) is 5.00. The van der Waals surface area contributed by atoms with Gasteiger partial charge in [-0.25, -0.2) is 4.39 Å². The molecule has 0 unspecified atom stereocenters. The number of benzene rings is 1. The van der Waals surface area contributed by atoms with E-state index in [1.807, 2.05) is 0 Å². The van der Waals surface area contributed by atoms with Gasteiger partial charge in [0.05, 0.1) is 11.3 Å². The van der Waals surface area contributed by atoms with Gasteiger partial charge in [0.25, 0.3) is 0 Å². The van der Waals surface area contributed by atoms with Gasteiger partial charge in [0.15, 0.2) is 0 Å². The van der Waals surface area contributed by atoms with Crippen LogP contribution in [0.2, 0.25) is 0 Å². The summed E-state index contributed by atoms with van der Waals surface area (Å²) in [5, 5.41) is 12.8. The Morgan fingerprint density at radius 1 is 1.47 bits per heavy atom. The molecule has 15 heavy (non-hydrogen) atoms. The van der Waals surface area contributed by atoms with Crippen LogP contribution in [0.3, 0.4) is 0 Å². The topological polar surface area (TPSA) is 32.3 Å². The molecule has 2 N–H and O–H groups in total. The molecule has 0 radical (unpaired) electrons. The normalized spacial score (nSPS) is 18.3. The van der Waals surface area contributed by atoms with E-state index < -0.39 is 5.60 Å². The molecule has 0 amide bonds. The number of anilines is 1. The van der Waals surface area contributed by atoms with Crippen LogP contribution in [-0.4, -0.2) is 17.3 Å². The van der Waals surface area contributed by atoms with Crippen molar-refractivity contribution >= 4 is 21.6 Å². The summed E-state index contributed by atoms with van der Waals surface area (Å²) in [6.45, 7) is 0.422. The number of rotatable bonds is 3. The summed E-state index contributed by atoms with van der Waals surface area (Å²) >= 11 is 3.19. The van der Waals surface area contributed by atoms with Gasteiger partial charge in [0, 0.05) is 11.0 Å². The molecule has 0 spiro atoms. The SMILES string of the molecule is OC1(CNc2ccc(Br)cc2F)CCC1. The number of halogens is 2. The van der Waals surface area contributed by atoms with Crippen molar-refractivity contribution in [1.82, 2.24) is 0 Å². The molecule has 2 nitrogen and oxygen atoms in total. The molecule has 1 aromatic carbocycles. The van der Waals surface area contributed by atoms with Crippen LogP contribution < -0.4 is 5.32 Å². The monoisotopic (exact) mass is 273 g/mol. The van der Waals surface area contributed by atoms with E-state index in [-0.39, 0.29) is 5.82 Å². The fraction of sp³-hybridized carbons (Fsp3) is 0.455. The number of aliphatic hydroxyl groups is 1. The van der Waals surface area contributed by atoms with Crippen LogP contribution in [0.5, 0.6) is 0 Å². The maximum atomic E-state index is 13.4. The Morgan fingerprint density at radius 3 is 2.73 bits per heavy atom. The van der Waals surface area contributed by atoms with E-state index in [1.54, 1.807) is 12.1 Å². The zero-order chi connectivity index (χ0) is 10.9. The van der Waals surface area contributed by atoms with Crippen LogP contribution in [0.1, 0.15) is 19.3 Å². The molecule has 1 saturated carbocycles. The maximum absolute atomic E-state index is 13.4. The third kappa shape index (κ3) is 2.49. The highest BCUT2D eigenvalue weighted by atomic mass is 79.9. The standard InChI is InChI=1S/C11H13BrFNO/c12-8-2-3-10(9(13)6-8)14-7-11(15)4-1-5-11/h2-3,6,14-15H,1,4-5,7H2. The highest BCUT2D eigenvalue weighted by Crippen LogP contribution is 2.32. The lowest BCUT2D eigenvalue weighted by Gasteiger charge is -2.36. The highest BCUT2D eigenvalue weighted by molar-refractivity contribution is 9.10. The van der Waals surface area contributed by atoms with Crippen molar-refractivity contribution in [2.75, 3.05) is 11.9 Å². The van der Waals surface area contributed by atoms with Crippen LogP contribution in [0.15, 0.2) is 22.7 Å². The van der Waals surface area contributed by atoms with Gasteiger partial charge in [-0.1, -0.05) is 15.9 Å². The molecule has 4 heteroatoms. The minimum Gasteiger partial charge on any atom is -0.388 e. The highest BCUT2D eigenvalue weighted by Gasteiger charge is 2.34. The molecule has 1 fully saturated rings. The Hall–Kier alpha value is -0.610. The summed E-state index contributed by atoms with van der Waals surface area (Å²) in [4.78, 5) is 0. The van der Waals surface area contributed by atoms with E-state index in [2.05, 4.69) is 21.2 Å². The fourth-order valence-corrected chi connectivity index (χ4v) is 1.99. The second-order valence-electron chi connectivity index (χ2n) is 4.06. The minimum absolute atomic E-state index is 0.299. The third-order valence-electron chi connectivity index (χ3n) is 2.82. The Morgan fingerprint density at radius 2 is 2.20 bits per heavy atom. The summed E-state index contributed by atoms with van der Waals surface area (Å²) < 4.78 is 14.1. The van der Waals surface area contributed by atoms with E-state index in [9.17, 15) is 9.50 Å². The van der Waals surface area contributed by atoms with E-state index in [4.69, 9.17) is 0 Å². The van der Waals surface area contributed by atoms with Crippen LogP contribution in [-0.2, 0) is 0 Å². The molecule has 2 rings (SSSR count). The van der Waals surface area contributed by atoms with Crippen molar-refractivity contribution in [1.29, 1.82) is 0 Å². The van der Waals surface area contributed by atoms with Gasteiger partial charge < -0.3 is 10.4 Å². The van der Waals surface area contributed by atoms with Crippen molar-refractivity contribution in [3.8, 4) is 0 Å². The largest absolute Gasteiger partial charge is 0.388 e. The van der Waals surface area contributed by atoms with Crippen molar-refractivity contribution in [2.24, 2.45) is 0 Å². The van der Waals surface area contributed by atoms with E-state index >= 15 is 0 Å². The lowest BCUT2D eigenvalue weighted by Crippen LogP contribution is -2.43. The van der Waals surface area contributed by atoms with Gasteiger partial charge in [-0.2, -0.15) is 0 Å². The molecule has 0 atom stereocenters. The number of hydrogen-bond acceptors (Lipinski definition) is 2. The van der Waals surface area contributed by atoms with Gasteiger partial charge in [-0.15, -0.1) is 0 Å². The van der Waals surface area contributed by atoms with Gasteiger partial charge >= 0.3 is 0 Å². The van der Waals surface area contributed by atoms with Crippen molar-refractivity contribution < 1.29 is 9.50 Å². The first-order chi connectivity index (χ1) is 7.09. The second-order valence-corrected chi connectivity index (χ2v) is 4.97. The van der Waals surface area contributed by atoms with Crippen molar-refractivity contribution in [3.63, 3.8) is 0 Å². The summed E-state index contributed by atoms with van der Waals surface area (Å²) in [5.41, 5.74) is -0.182.